The molecule has 0 aliphatic rings. The van der Waals surface area contributed by atoms with Gasteiger partial charge in [0.15, 0.2) is 5.89 Å². The average Bonchev–Trinajstić information content (AvgIpc) is 2.83. The molecule has 0 spiro atoms. The van der Waals surface area contributed by atoms with Crippen LogP contribution >= 0.6 is 0 Å². The zero-order valence-electron chi connectivity index (χ0n) is 12.4. The maximum atomic E-state index is 12.7. The van der Waals surface area contributed by atoms with E-state index in [0.29, 0.717) is 18.2 Å². The number of anilines is 1. The summed E-state index contributed by atoms with van der Waals surface area (Å²) in [7, 11) is 0. The van der Waals surface area contributed by atoms with Crippen LogP contribution in [0.5, 0.6) is 0 Å². The third kappa shape index (κ3) is 2.74. The van der Waals surface area contributed by atoms with Crippen LogP contribution in [0.3, 0.4) is 0 Å². The summed E-state index contributed by atoms with van der Waals surface area (Å²) in [6.07, 6.45) is 0. The quantitative estimate of drug-likeness (QED) is 0.851. The maximum Gasteiger partial charge on any atom is 0.295 e. The van der Waals surface area contributed by atoms with Crippen LogP contribution in [0.1, 0.15) is 48.8 Å². The Balaban J connectivity index is 2.39. The minimum atomic E-state index is -0.136. The second-order valence-corrected chi connectivity index (χ2v) is 4.99. The van der Waals surface area contributed by atoms with Crippen molar-refractivity contribution in [3.8, 4) is 0 Å². The van der Waals surface area contributed by atoms with Crippen molar-refractivity contribution in [3.05, 3.63) is 47.7 Å². The second-order valence-electron chi connectivity index (χ2n) is 4.99. The molecule has 2 aromatic rings. The van der Waals surface area contributed by atoms with Crippen molar-refractivity contribution in [1.82, 2.24) is 4.98 Å². The molecule has 0 radical (unpaired) electrons. The lowest BCUT2D eigenvalue weighted by atomic mass is 10.1. The largest absolute Gasteiger partial charge is 0.436 e. The third-order valence-electron chi connectivity index (χ3n) is 3.13. The van der Waals surface area contributed by atoms with Crippen LogP contribution in [0.15, 0.2) is 34.7 Å². The summed E-state index contributed by atoms with van der Waals surface area (Å²) < 4.78 is 5.54. The summed E-state index contributed by atoms with van der Waals surface area (Å²) in [5.74, 6) is 0.897. The Morgan fingerprint density at radius 3 is 2.50 bits per heavy atom. The Labute approximate surface area is 119 Å². The van der Waals surface area contributed by atoms with E-state index in [0.717, 1.165) is 11.4 Å². The molecule has 0 atom stereocenters. The van der Waals surface area contributed by atoms with E-state index in [9.17, 15) is 4.79 Å². The molecule has 0 aliphatic carbocycles. The number of nitrogens with zero attached hydrogens (tertiary/aromatic N) is 2. The summed E-state index contributed by atoms with van der Waals surface area (Å²) in [6.45, 7) is 8.31. The number of rotatable bonds is 4. The zero-order chi connectivity index (χ0) is 14.7. The van der Waals surface area contributed by atoms with Crippen LogP contribution in [-0.2, 0) is 0 Å². The highest BCUT2D eigenvalue weighted by Gasteiger charge is 2.25. The van der Waals surface area contributed by atoms with Crippen molar-refractivity contribution in [2.45, 2.75) is 33.6 Å². The molecule has 4 heteroatoms. The molecule has 20 heavy (non-hydrogen) atoms. The van der Waals surface area contributed by atoms with E-state index in [1.807, 2.05) is 51.1 Å². The summed E-state index contributed by atoms with van der Waals surface area (Å²) in [5, 5.41) is 0. The molecule has 0 bridgehead atoms. The molecule has 0 saturated carbocycles. The lowest BCUT2D eigenvalue weighted by Gasteiger charge is -2.20. The zero-order valence-corrected chi connectivity index (χ0v) is 12.4. The van der Waals surface area contributed by atoms with Crippen molar-refractivity contribution in [1.29, 1.82) is 0 Å². The van der Waals surface area contributed by atoms with E-state index in [1.54, 1.807) is 11.8 Å². The Bertz CT molecular complexity index is 588. The summed E-state index contributed by atoms with van der Waals surface area (Å²) in [5.41, 5.74) is 1.59. The SMILES string of the molecule is CCN(C(=O)c1oc(C)nc1C(C)C)c1ccccc1. The standard InChI is InChI=1S/C16H20N2O2/c1-5-18(13-9-7-6-8-10-13)16(19)15-14(11(2)3)17-12(4)20-15/h6-11H,5H2,1-4H3. The van der Waals surface area contributed by atoms with Gasteiger partial charge in [-0.2, -0.15) is 0 Å². The Kier molecular flexibility index (Phi) is 4.23. The van der Waals surface area contributed by atoms with Gasteiger partial charge in [0.1, 0.15) is 0 Å². The molecule has 1 heterocycles. The highest BCUT2D eigenvalue weighted by Crippen LogP contribution is 2.24. The Hall–Kier alpha value is -2.10. The highest BCUT2D eigenvalue weighted by molar-refractivity contribution is 6.04. The van der Waals surface area contributed by atoms with E-state index >= 15 is 0 Å². The Morgan fingerprint density at radius 2 is 1.95 bits per heavy atom. The fourth-order valence-electron chi connectivity index (χ4n) is 2.16. The van der Waals surface area contributed by atoms with E-state index in [4.69, 9.17) is 4.42 Å². The number of hydrogen-bond acceptors (Lipinski definition) is 3. The number of carbonyl (C=O) groups excluding carboxylic acids is 1. The van der Waals surface area contributed by atoms with E-state index in [-0.39, 0.29) is 11.8 Å². The predicted molar refractivity (Wildman–Crippen MR) is 79.1 cm³/mol. The molecule has 1 aromatic heterocycles. The molecule has 0 aliphatic heterocycles. The van der Waals surface area contributed by atoms with Crippen molar-refractivity contribution in [2.24, 2.45) is 0 Å². The van der Waals surface area contributed by atoms with Gasteiger partial charge in [-0.15, -0.1) is 0 Å². The first-order valence-electron chi connectivity index (χ1n) is 6.88. The molecular formula is C16H20N2O2. The normalized spacial score (nSPS) is 10.8. The fourth-order valence-corrected chi connectivity index (χ4v) is 2.16. The number of amides is 1. The van der Waals surface area contributed by atoms with Gasteiger partial charge >= 0.3 is 0 Å². The molecule has 0 saturated heterocycles. The molecular weight excluding hydrogens is 252 g/mol. The molecule has 0 fully saturated rings. The second kappa shape index (κ2) is 5.90. The molecule has 0 N–H and O–H groups in total. The van der Waals surface area contributed by atoms with Gasteiger partial charge in [0.2, 0.25) is 5.76 Å². The van der Waals surface area contributed by atoms with Gasteiger partial charge in [0, 0.05) is 19.2 Å². The van der Waals surface area contributed by atoms with Gasteiger partial charge in [-0.1, -0.05) is 32.0 Å². The molecule has 106 valence electrons. The van der Waals surface area contributed by atoms with Crippen LogP contribution in [0.25, 0.3) is 0 Å². The summed E-state index contributed by atoms with van der Waals surface area (Å²) in [6, 6.07) is 9.60. The first-order chi connectivity index (χ1) is 9.54. The fraction of sp³-hybridized carbons (Fsp3) is 0.375. The van der Waals surface area contributed by atoms with Crippen molar-refractivity contribution in [2.75, 3.05) is 11.4 Å². The van der Waals surface area contributed by atoms with Crippen LogP contribution < -0.4 is 4.90 Å². The molecule has 1 aromatic carbocycles. The Morgan fingerprint density at radius 1 is 1.30 bits per heavy atom. The van der Waals surface area contributed by atoms with Crippen molar-refractivity contribution in [3.63, 3.8) is 0 Å². The maximum absolute atomic E-state index is 12.7. The lowest BCUT2D eigenvalue weighted by molar-refractivity contribution is 0.0958. The van der Waals surface area contributed by atoms with Crippen LogP contribution in [0.2, 0.25) is 0 Å². The smallest absolute Gasteiger partial charge is 0.295 e. The van der Waals surface area contributed by atoms with Crippen LogP contribution in [0, 0.1) is 6.92 Å². The van der Waals surface area contributed by atoms with Gasteiger partial charge in [0.05, 0.1) is 5.69 Å². The van der Waals surface area contributed by atoms with E-state index in [2.05, 4.69) is 4.98 Å². The third-order valence-corrected chi connectivity index (χ3v) is 3.13. The lowest BCUT2D eigenvalue weighted by Crippen LogP contribution is -2.31. The number of para-hydroxylation sites is 1. The number of carbonyl (C=O) groups is 1. The topological polar surface area (TPSA) is 46.3 Å². The molecule has 2 rings (SSSR count). The number of aromatic nitrogens is 1. The van der Waals surface area contributed by atoms with Crippen molar-refractivity contribution >= 4 is 11.6 Å². The van der Waals surface area contributed by atoms with E-state index < -0.39 is 0 Å². The highest BCUT2D eigenvalue weighted by atomic mass is 16.4. The van der Waals surface area contributed by atoms with E-state index in [1.165, 1.54) is 0 Å². The summed E-state index contributed by atoms with van der Waals surface area (Å²) in [4.78, 5) is 18.7. The number of benzene rings is 1. The minimum absolute atomic E-state index is 0.136. The van der Waals surface area contributed by atoms with Crippen LogP contribution in [0.4, 0.5) is 5.69 Å². The molecule has 0 unspecified atom stereocenters. The van der Waals surface area contributed by atoms with Gasteiger partial charge in [0.25, 0.3) is 5.91 Å². The first kappa shape index (κ1) is 14.3. The van der Waals surface area contributed by atoms with Crippen molar-refractivity contribution < 1.29 is 9.21 Å². The predicted octanol–water partition coefficient (Wildman–Crippen LogP) is 3.77. The first-order valence-corrected chi connectivity index (χ1v) is 6.88. The van der Waals surface area contributed by atoms with Crippen LogP contribution in [-0.4, -0.2) is 17.4 Å². The number of hydrogen-bond donors (Lipinski definition) is 0. The number of aryl methyl sites for hydroxylation is 1. The van der Waals surface area contributed by atoms with Gasteiger partial charge in [-0.3, -0.25) is 4.79 Å². The molecule has 4 nitrogen and oxygen atoms in total. The van der Waals surface area contributed by atoms with Gasteiger partial charge in [-0.05, 0) is 25.0 Å². The monoisotopic (exact) mass is 272 g/mol. The van der Waals surface area contributed by atoms with Gasteiger partial charge in [-0.25, -0.2) is 4.98 Å². The minimum Gasteiger partial charge on any atom is -0.436 e. The number of oxazole rings is 1. The average molecular weight is 272 g/mol. The molecule has 1 amide bonds. The van der Waals surface area contributed by atoms with Gasteiger partial charge < -0.3 is 9.32 Å². The summed E-state index contributed by atoms with van der Waals surface area (Å²) >= 11 is 0.